The van der Waals surface area contributed by atoms with Crippen molar-refractivity contribution in [2.24, 2.45) is 0 Å². The van der Waals surface area contributed by atoms with Crippen LogP contribution in [-0.2, 0) is 11.3 Å². The molecule has 1 aromatic heterocycles. The second-order valence-electron chi connectivity index (χ2n) is 6.25. The summed E-state index contributed by atoms with van der Waals surface area (Å²) in [4.78, 5) is 26.3. The van der Waals surface area contributed by atoms with Gasteiger partial charge >= 0.3 is 6.03 Å². The number of carbonyl (C=O) groups is 2. The van der Waals surface area contributed by atoms with Crippen LogP contribution in [-0.4, -0.2) is 21.4 Å². The van der Waals surface area contributed by atoms with Gasteiger partial charge in [0.15, 0.2) is 0 Å². The van der Waals surface area contributed by atoms with Gasteiger partial charge in [0.25, 0.3) is 5.91 Å². The molecule has 0 spiro atoms. The third-order valence-corrected chi connectivity index (χ3v) is 5.27. The molecule has 0 bridgehead atoms. The Morgan fingerprint density at radius 3 is 2.64 bits per heavy atom. The van der Waals surface area contributed by atoms with Crippen LogP contribution in [0.25, 0.3) is 11.8 Å². The van der Waals surface area contributed by atoms with Gasteiger partial charge < -0.3 is 9.88 Å². The van der Waals surface area contributed by atoms with E-state index in [0.717, 1.165) is 20.8 Å². The third kappa shape index (κ3) is 3.61. The van der Waals surface area contributed by atoms with Gasteiger partial charge in [0.2, 0.25) is 0 Å². The molecule has 1 aliphatic heterocycles. The van der Waals surface area contributed by atoms with Crippen molar-refractivity contribution < 1.29 is 9.59 Å². The molecule has 7 heteroatoms. The Labute approximate surface area is 175 Å². The second-order valence-corrected chi connectivity index (χ2v) is 7.58. The van der Waals surface area contributed by atoms with E-state index in [1.54, 1.807) is 24.3 Å². The first-order valence-corrected chi connectivity index (χ1v) is 9.71. The highest BCUT2D eigenvalue weighted by Crippen LogP contribution is 2.23. The fraction of sp³-hybridized carbons (Fsp3) is 0.0476. The zero-order chi connectivity index (χ0) is 19.7. The average Bonchev–Trinajstić information content (AvgIpc) is 3.24. The minimum atomic E-state index is -0.461. The summed E-state index contributed by atoms with van der Waals surface area (Å²) < 4.78 is 2.89. The second kappa shape index (κ2) is 7.66. The van der Waals surface area contributed by atoms with Crippen LogP contribution in [0, 0.1) is 0 Å². The molecule has 2 aromatic carbocycles. The number of amides is 3. The van der Waals surface area contributed by atoms with Gasteiger partial charge in [0.05, 0.1) is 6.54 Å². The van der Waals surface area contributed by atoms with Crippen LogP contribution >= 0.6 is 27.5 Å². The summed E-state index contributed by atoms with van der Waals surface area (Å²) in [5.41, 5.74) is 2.66. The molecule has 1 fully saturated rings. The molecule has 0 saturated carbocycles. The van der Waals surface area contributed by atoms with Gasteiger partial charge in [0.1, 0.15) is 5.70 Å². The summed E-state index contributed by atoms with van der Waals surface area (Å²) in [5, 5.41) is 3.17. The minimum absolute atomic E-state index is 0.119. The normalized spacial score (nSPS) is 15.4. The van der Waals surface area contributed by atoms with Crippen LogP contribution in [0.2, 0.25) is 5.02 Å². The number of imide groups is 1. The summed E-state index contributed by atoms with van der Waals surface area (Å²) >= 11 is 9.63. The lowest BCUT2D eigenvalue weighted by atomic mass is 10.2. The molecule has 0 radical (unpaired) electrons. The van der Waals surface area contributed by atoms with Crippen molar-refractivity contribution in [1.29, 1.82) is 0 Å². The highest BCUT2D eigenvalue weighted by molar-refractivity contribution is 9.10. The van der Waals surface area contributed by atoms with Crippen molar-refractivity contribution in [3.05, 3.63) is 93.3 Å². The average molecular weight is 457 g/mol. The number of hydrogen-bond donors (Lipinski definition) is 1. The zero-order valence-corrected chi connectivity index (χ0v) is 16.9. The molecular weight excluding hydrogens is 442 g/mol. The van der Waals surface area contributed by atoms with Gasteiger partial charge in [-0.1, -0.05) is 51.8 Å². The number of nitrogens with one attached hydrogen (secondary N) is 1. The van der Waals surface area contributed by atoms with E-state index in [1.807, 2.05) is 53.2 Å². The fourth-order valence-corrected chi connectivity index (χ4v) is 3.62. The lowest BCUT2D eigenvalue weighted by Crippen LogP contribution is -2.30. The summed E-state index contributed by atoms with van der Waals surface area (Å²) in [7, 11) is 0. The lowest BCUT2D eigenvalue weighted by Gasteiger charge is -2.12. The molecule has 2 heterocycles. The molecule has 140 valence electrons. The molecule has 0 unspecified atom stereocenters. The third-order valence-electron chi connectivity index (χ3n) is 4.41. The monoisotopic (exact) mass is 455 g/mol. The molecule has 1 saturated heterocycles. The van der Waals surface area contributed by atoms with E-state index in [4.69, 9.17) is 11.6 Å². The van der Waals surface area contributed by atoms with E-state index in [9.17, 15) is 9.59 Å². The Balaban J connectivity index is 1.62. The van der Waals surface area contributed by atoms with Crippen molar-refractivity contribution in [3.8, 4) is 5.69 Å². The molecule has 3 aromatic rings. The van der Waals surface area contributed by atoms with Crippen molar-refractivity contribution in [1.82, 2.24) is 14.8 Å². The Morgan fingerprint density at radius 2 is 1.86 bits per heavy atom. The van der Waals surface area contributed by atoms with Crippen LogP contribution in [0.15, 0.2) is 77.0 Å². The maximum Gasteiger partial charge on any atom is 0.329 e. The quantitative estimate of drug-likeness (QED) is 0.444. The standard InChI is InChI=1S/C21H15BrClN3O2/c22-15-6-3-7-16(11-15)25-10-4-8-17(25)12-19-20(27)26(21(28)24-19)13-14-5-1-2-9-18(14)23/h1-12H,13H2,(H,24,28). The number of aromatic nitrogens is 1. The van der Waals surface area contributed by atoms with Crippen LogP contribution < -0.4 is 5.32 Å². The first-order valence-electron chi connectivity index (χ1n) is 8.54. The van der Waals surface area contributed by atoms with E-state index in [2.05, 4.69) is 21.2 Å². The largest absolute Gasteiger partial charge is 0.329 e. The molecule has 5 nitrogen and oxygen atoms in total. The van der Waals surface area contributed by atoms with Crippen molar-refractivity contribution in [2.75, 3.05) is 0 Å². The summed E-state index contributed by atoms with van der Waals surface area (Å²) in [5.74, 6) is -0.382. The van der Waals surface area contributed by atoms with E-state index in [0.29, 0.717) is 10.6 Å². The van der Waals surface area contributed by atoms with Crippen molar-refractivity contribution in [2.45, 2.75) is 6.54 Å². The molecule has 1 N–H and O–H groups in total. The SMILES string of the molecule is O=C1NC(=Cc2cccn2-c2cccc(Br)c2)C(=O)N1Cc1ccccc1Cl. The number of urea groups is 1. The van der Waals surface area contributed by atoms with Gasteiger partial charge in [-0.05, 0) is 48.0 Å². The van der Waals surface area contributed by atoms with Gasteiger partial charge in [-0.25, -0.2) is 4.79 Å². The smallest absolute Gasteiger partial charge is 0.317 e. The first kappa shape index (κ1) is 18.5. The molecule has 3 amide bonds. The predicted octanol–water partition coefficient (Wildman–Crippen LogP) is 4.99. The molecule has 28 heavy (non-hydrogen) atoms. The van der Waals surface area contributed by atoms with E-state index in [1.165, 1.54) is 0 Å². The fourth-order valence-electron chi connectivity index (χ4n) is 3.03. The van der Waals surface area contributed by atoms with Gasteiger partial charge in [0, 0.05) is 27.1 Å². The summed E-state index contributed by atoms with van der Waals surface area (Å²) in [6.45, 7) is 0.119. The van der Waals surface area contributed by atoms with E-state index >= 15 is 0 Å². The number of rotatable bonds is 4. The molecule has 0 aliphatic carbocycles. The zero-order valence-electron chi connectivity index (χ0n) is 14.6. The van der Waals surface area contributed by atoms with E-state index in [-0.39, 0.29) is 18.1 Å². The van der Waals surface area contributed by atoms with Gasteiger partial charge in [-0.3, -0.25) is 9.69 Å². The van der Waals surface area contributed by atoms with Crippen LogP contribution in [0.4, 0.5) is 4.79 Å². The Hall–Kier alpha value is -2.83. The number of hydrogen-bond acceptors (Lipinski definition) is 2. The van der Waals surface area contributed by atoms with Crippen LogP contribution in [0.1, 0.15) is 11.3 Å². The highest BCUT2D eigenvalue weighted by Gasteiger charge is 2.34. The highest BCUT2D eigenvalue weighted by atomic mass is 79.9. The van der Waals surface area contributed by atoms with Gasteiger partial charge in [-0.2, -0.15) is 0 Å². The van der Waals surface area contributed by atoms with Gasteiger partial charge in [-0.15, -0.1) is 0 Å². The topological polar surface area (TPSA) is 54.3 Å². The first-order chi connectivity index (χ1) is 13.5. The predicted molar refractivity (Wildman–Crippen MR) is 112 cm³/mol. The Kier molecular flexibility index (Phi) is 5.07. The van der Waals surface area contributed by atoms with Crippen LogP contribution in [0.3, 0.4) is 0 Å². The summed E-state index contributed by atoms with van der Waals surface area (Å²) in [6.07, 6.45) is 3.57. The minimum Gasteiger partial charge on any atom is -0.317 e. The maximum atomic E-state index is 12.8. The van der Waals surface area contributed by atoms with Crippen molar-refractivity contribution in [3.63, 3.8) is 0 Å². The molecule has 4 rings (SSSR count). The number of nitrogens with zero attached hydrogens (tertiary/aromatic N) is 2. The Bertz CT molecular complexity index is 1110. The molecule has 1 aliphatic rings. The number of benzene rings is 2. The number of halogens is 2. The Morgan fingerprint density at radius 1 is 1.04 bits per heavy atom. The summed E-state index contributed by atoms with van der Waals surface area (Å²) in [6, 6.07) is 18.3. The van der Waals surface area contributed by atoms with Crippen LogP contribution in [0.5, 0.6) is 0 Å². The lowest BCUT2D eigenvalue weighted by molar-refractivity contribution is -0.123. The maximum absolute atomic E-state index is 12.8. The molecular formula is C21H15BrClN3O2. The number of carbonyl (C=O) groups excluding carboxylic acids is 2. The molecule has 0 atom stereocenters. The van der Waals surface area contributed by atoms with E-state index < -0.39 is 6.03 Å². The van der Waals surface area contributed by atoms with Crippen molar-refractivity contribution >= 4 is 45.5 Å².